The molecule has 0 radical (unpaired) electrons. The van der Waals surface area contributed by atoms with Crippen LogP contribution in [0.3, 0.4) is 0 Å². The predicted octanol–water partition coefficient (Wildman–Crippen LogP) is 0.583. The standard InChI is InChI=1S/C8H10N4O2/c1-12(11-9)5-6-3-7(13)8(14-2)4-10-6/h3-4H,5H2,1-2H3/p+1. The number of nitrogens with one attached hydrogen (secondary N) is 1. The molecule has 0 saturated heterocycles. The van der Waals surface area contributed by atoms with Crippen molar-refractivity contribution in [2.75, 3.05) is 14.2 Å². The van der Waals surface area contributed by atoms with Crippen LogP contribution in [0.1, 0.15) is 5.69 Å². The van der Waals surface area contributed by atoms with Crippen LogP contribution in [0.2, 0.25) is 0 Å². The van der Waals surface area contributed by atoms with Crippen molar-refractivity contribution in [1.29, 1.82) is 5.39 Å². The number of ether oxygens (including phenoxy) is 1. The molecule has 1 N–H and O–H groups in total. The lowest BCUT2D eigenvalue weighted by Gasteiger charge is -2.01. The van der Waals surface area contributed by atoms with Crippen LogP contribution in [0.4, 0.5) is 0 Å². The third-order valence-electron chi connectivity index (χ3n) is 1.71. The zero-order valence-electron chi connectivity index (χ0n) is 8.02. The number of hydrogen-bond acceptors (Lipinski definition) is 4. The van der Waals surface area contributed by atoms with Crippen molar-refractivity contribution in [1.82, 2.24) is 9.99 Å². The molecule has 0 aliphatic rings. The van der Waals surface area contributed by atoms with Crippen LogP contribution in [0.5, 0.6) is 5.75 Å². The lowest BCUT2D eigenvalue weighted by atomic mass is 10.3. The highest BCUT2D eigenvalue weighted by atomic mass is 16.5. The Labute approximate surface area is 80.7 Å². The molecule has 1 heterocycles. The smallest absolute Gasteiger partial charge is 0.305 e. The Hall–Kier alpha value is -2.03. The average molecular weight is 195 g/mol. The van der Waals surface area contributed by atoms with Crippen LogP contribution in [-0.2, 0) is 6.54 Å². The molecule has 0 atom stereocenters. The number of diazo groups is 1. The van der Waals surface area contributed by atoms with Crippen molar-refractivity contribution >= 4 is 0 Å². The second kappa shape index (κ2) is 4.28. The Bertz CT molecular complexity index is 407. The van der Waals surface area contributed by atoms with Crippen LogP contribution in [0.15, 0.2) is 17.1 Å². The summed E-state index contributed by atoms with van der Waals surface area (Å²) in [6.07, 6.45) is 1.48. The molecule has 0 saturated carbocycles. The fourth-order valence-corrected chi connectivity index (χ4v) is 1.03. The number of aromatic amines is 1. The van der Waals surface area contributed by atoms with Crippen molar-refractivity contribution in [3.8, 4) is 5.75 Å². The first-order chi connectivity index (χ1) is 6.67. The average Bonchev–Trinajstić information content (AvgIpc) is 2.18. The molecule has 1 aromatic heterocycles. The molecule has 6 heteroatoms. The minimum absolute atomic E-state index is 0.201. The largest absolute Gasteiger partial charge is 0.491 e. The van der Waals surface area contributed by atoms with Gasteiger partial charge in [-0.15, -0.1) is 0 Å². The van der Waals surface area contributed by atoms with Crippen molar-refractivity contribution < 1.29 is 4.74 Å². The van der Waals surface area contributed by atoms with Crippen molar-refractivity contribution in [3.05, 3.63) is 33.3 Å². The van der Waals surface area contributed by atoms with Gasteiger partial charge < -0.3 is 9.72 Å². The zero-order valence-corrected chi connectivity index (χ0v) is 8.02. The van der Waals surface area contributed by atoms with E-state index in [0.717, 1.165) is 0 Å². The van der Waals surface area contributed by atoms with Gasteiger partial charge in [0.1, 0.15) is 6.54 Å². The van der Waals surface area contributed by atoms with E-state index < -0.39 is 0 Å². The van der Waals surface area contributed by atoms with E-state index in [1.807, 2.05) is 0 Å². The zero-order chi connectivity index (χ0) is 10.6. The van der Waals surface area contributed by atoms with Crippen LogP contribution in [0, 0.1) is 5.39 Å². The first-order valence-electron chi connectivity index (χ1n) is 3.99. The number of hydrogen-bond donors (Lipinski definition) is 1. The van der Waals surface area contributed by atoms with E-state index in [1.54, 1.807) is 7.05 Å². The quantitative estimate of drug-likeness (QED) is 0.565. The summed E-state index contributed by atoms with van der Waals surface area (Å²) >= 11 is 0. The molecular weight excluding hydrogens is 184 g/mol. The molecule has 0 aliphatic carbocycles. The van der Waals surface area contributed by atoms with Gasteiger partial charge in [-0.05, 0) is 5.01 Å². The Morgan fingerprint density at radius 1 is 1.71 bits per heavy atom. The number of aromatic nitrogens is 1. The monoisotopic (exact) mass is 195 g/mol. The fourth-order valence-electron chi connectivity index (χ4n) is 1.03. The molecule has 14 heavy (non-hydrogen) atoms. The first-order valence-corrected chi connectivity index (χ1v) is 3.99. The summed E-state index contributed by atoms with van der Waals surface area (Å²) < 4.78 is 4.80. The summed E-state index contributed by atoms with van der Waals surface area (Å²) in [7, 11) is 3.02. The van der Waals surface area contributed by atoms with E-state index in [1.165, 1.54) is 24.4 Å². The number of methoxy groups -OCH3 is 1. The summed E-state index contributed by atoms with van der Waals surface area (Å²) in [6.45, 7) is 0.329. The van der Waals surface area contributed by atoms with E-state index in [-0.39, 0.29) is 11.2 Å². The van der Waals surface area contributed by atoms with E-state index in [9.17, 15) is 4.79 Å². The predicted molar refractivity (Wildman–Crippen MR) is 50.2 cm³/mol. The van der Waals surface area contributed by atoms with Crippen molar-refractivity contribution in [2.45, 2.75) is 6.54 Å². The van der Waals surface area contributed by atoms with Gasteiger partial charge in [0.2, 0.25) is 5.43 Å². The van der Waals surface area contributed by atoms with E-state index in [4.69, 9.17) is 10.1 Å². The number of H-pyrrole nitrogens is 1. The van der Waals surface area contributed by atoms with Gasteiger partial charge in [0.25, 0.3) is 5.39 Å². The second-order valence-electron chi connectivity index (χ2n) is 2.80. The maximum absolute atomic E-state index is 11.3. The Morgan fingerprint density at radius 3 is 2.93 bits per heavy atom. The number of nitrogens with zero attached hydrogens (tertiary/aromatic N) is 3. The third-order valence-corrected chi connectivity index (χ3v) is 1.71. The second-order valence-corrected chi connectivity index (χ2v) is 2.80. The number of pyridine rings is 1. The van der Waals surface area contributed by atoms with Crippen molar-refractivity contribution in [3.63, 3.8) is 0 Å². The van der Waals surface area contributed by atoms with Crippen LogP contribution in [-0.4, -0.2) is 24.2 Å². The normalized spacial score (nSPS) is 9.21. The highest BCUT2D eigenvalue weighted by molar-refractivity contribution is 5.20. The SMILES string of the molecule is COc1c[nH]c(CN(C)[N+]#N)cc1=O. The molecule has 0 amide bonds. The lowest BCUT2D eigenvalue weighted by molar-refractivity contribution is 0.404. The summed E-state index contributed by atoms with van der Waals surface area (Å²) in [4.78, 5) is 14.1. The van der Waals surface area contributed by atoms with Crippen LogP contribution < -0.4 is 10.2 Å². The molecule has 6 nitrogen and oxygen atoms in total. The van der Waals surface area contributed by atoms with E-state index in [0.29, 0.717) is 12.2 Å². The van der Waals surface area contributed by atoms with Crippen molar-refractivity contribution in [2.24, 2.45) is 0 Å². The van der Waals surface area contributed by atoms with Gasteiger partial charge in [-0.25, -0.2) is 0 Å². The topological polar surface area (TPSA) is 73.5 Å². The van der Waals surface area contributed by atoms with Gasteiger partial charge in [0, 0.05) is 18.0 Å². The van der Waals surface area contributed by atoms with E-state index in [2.05, 4.69) is 10.1 Å². The Balaban J connectivity index is 2.88. The van der Waals surface area contributed by atoms with Gasteiger partial charge in [-0.1, -0.05) is 0 Å². The van der Waals surface area contributed by atoms with Gasteiger partial charge in [0.15, 0.2) is 5.75 Å². The van der Waals surface area contributed by atoms with Gasteiger partial charge in [-0.2, -0.15) is 0 Å². The summed E-state index contributed by atoms with van der Waals surface area (Å²) in [5, 5.41) is 12.6. The lowest BCUT2D eigenvalue weighted by Crippen LogP contribution is -2.13. The highest BCUT2D eigenvalue weighted by Crippen LogP contribution is 2.02. The summed E-state index contributed by atoms with van der Waals surface area (Å²) in [5.41, 5.74) is 0.448. The minimum atomic E-state index is -0.201. The third kappa shape index (κ3) is 2.23. The molecule has 0 aromatic carbocycles. The molecule has 1 aromatic rings. The summed E-state index contributed by atoms with van der Waals surface area (Å²) in [5.74, 6) is 0.261. The highest BCUT2D eigenvalue weighted by Gasteiger charge is 2.08. The van der Waals surface area contributed by atoms with Gasteiger partial charge in [-0.3, -0.25) is 4.79 Å². The molecular formula is C8H11N4O2+. The fraction of sp³-hybridized carbons (Fsp3) is 0.375. The molecule has 74 valence electrons. The summed E-state index contributed by atoms with van der Waals surface area (Å²) in [6, 6.07) is 1.40. The molecule has 0 unspecified atom stereocenters. The van der Waals surface area contributed by atoms with Gasteiger partial charge in [0.05, 0.1) is 14.2 Å². The first kappa shape index (κ1) is 10.1. The van der Waals surface area contributed by atoms with Crippen LogP contribution in [0.25, 0.3) is 5.08 Å². The van der Waals surface area contributed by atoms with E-state index >= 15 is 0 Å². The van der Waals surface area contributed by atoms with Crippen LogP contribution >= 0.6 is 0 Å². The minimum Gasteiger partial charge on any atom is -0.491 e. The molecule has 0 bridgehead atoms. The molecule has 1 rings (SSSR count). The number of rotatable bonds is 3. The van der Waals surface area contributed by atoms with Gasteiger partial charge >= 0.3 is 5.08 Å². The Morgan fingerprint density at radius 2 is 2.43 bits per heavy atom. The molecule has 0 fully saturated rings. The Kier molecular flexibility index (Phi) is 3.07. The molecule has 0 spiro atoms. The maximum atomic E-state index is 11.3. The molecule has 0 aliphatic heterocycles. The maximum Gasteiger partial charge on any atom is 0.305 e.